The van der Waals surface area contributed by atoms with Crippen LogP contribution in [-0.4, -0.2) is 56.5 Å². The second-order valence-corrected chi connectivity index (χ2v) is 4.82. The fourth-order valence-corrected chi connectivity index (χ4v) is 2.38. The van der Waals surface area contributed by atoms with Crippen LogP contribution in [0.25, 0.3) is 5.65 Å². The van der Waals surface area contributed by atoms with Crippen molar-refractivity contribution in [1.82, 2.24) is 9.38 Å². The largest absolute Gasteiger partial charge is 0.383 e. The molecule has 2 rings (SSSR count). The van der Waals surface area contributed by atoms with Gasteiger partial charge in [-0.05, 0) is 18.7 Å². The van der Waals surface area contributed by atoms with E-state index in [0.29, 0.717) is 19.8 Å². The minimum atomic E-state index is 0.595. The Morgan fingerprint density at radius 2 is 1.90 bits per heavy atom. The van der Waals surface area contributed by atoms with Crippen molar-refractivity contribution in [2.75, 3.05) is 52.0 Å². The van der Waals surface area contributed by atoms with Gasteiger partial charge in [-0.1, -0.05) is 6.07 Å². The van der Waals surface area contributed by atoms with E-state index in [1.807, 2.05) is 24.4 Å². The summed E-state index contributed by atoms with van der Waals surface area (Å²) in [7, 11) is 3.41. The number of hydrogen-bond acceptors (Lipinski definition) is 5. The number of pyridine rings is 1. The summed E-state index contributed by atoms with van der Waals surface area (Å²) in [6.07, 6.45) is 2.82. The molecule has 0 aromatic carbocycles. The summed E-state index contributed by atoms with van der Waals surface area (Å²) in [6, 6.07) is 6.01. The number of nitrogens with two attached hydrogens (primary N) is 1. The number of nitrogens with zero attached hydrogens (tertiary/aromatic N) is 3. The summed E-state index contributed by atoms with van der Waals surface area (Å²) >= 11 is 0. The van der Waals surface area contributed by atoms with Crippen LogP contribution in [0.4, 0.5) is 5.82 Å². The summed E-state index contributed by atoms with van der Waals surface area (Å²) < 4.78 is 12.5. The number of ether oxygens (including phenoxy) is 2. The van der Waals surface area contributed by atoms with Crippen LogP contribution in [0, 0.1) is 0 Å². The van der Waals surface area contributed by atoms with Crippen LogP contribution in [0.15, 0.2) is 24.4 Å². The second kappa shape index (κ2) is 7.97. The maximum atomic E-state index is 5.77. The Labute approximate surface area is 125 Å². The second-order valence-electron chi connectivity index (χ2n) is 4.82. The van der Waals surface area contributed by atoms with E-state index in [4.69, 9.17) is 20.2 Å². The van der Waals surface area contributed by atoms with Gasteiger partial charge in [0.1, 0.15) is 5.65 Å². The quantitative estimate of drug-likeness (QED) is 0.745. The molecule has 0 spiro atoms. The molecule has 21 heavy (non-hydrogen) atoms. The van der Waals surface area contributed by atoms with Gasteiger partial charge in [0.2, 0.25) is 0 Å². The Hall–Kier alpha value is -1.63. The Morgan fingerprint density at radius 1 is 1.19 bits per heavy atom. The molecule has 0 aliphatic rings. The van der Waals surface area contributed by atoms with E-state index in [1.165, 1.54) is 0 Å². The molecular weight excluding hydrogens is 268 g/mol. The molecule has 0 saturated heterocycles. The van der Waals surface area contributed by atoms with Gasteiger partial charge >= 0.3 is 0 Å². The third kappa shape index (κ3) is 3.72. The van der Waals surface area contributed by atoms with Crippen LogP contribution >= 0.6 is 0 Å². The number of hydrogen-bond donors (Lipinski definition) is 1. The molecule has 0 amide bonds. The molecule has 0 unspecified atom stereocenters. The van der Waals surface area contributed by atoms with Crippen LogP contribution in [0.2, 0.25) is 0 Å². The summed E-state index contributed by atoms with van der Waals surface area (Å²) in [5, 5.41) is 0. The first-order valence-corrected chi connectivity index (χ1v) is 7.20. The SMILES string of the molecule is COCCN(CCOC)c1nc2ccccn2c1CCN. The van der Waals surface area contributed by atoms with Crippen molar-refractivity contribution < 1.29 is 9.47 Å². The van der Waals surface area contributed by atoms with Gasteiger partial charge < -0.3 is 24.5 Å². The highest BCUT2D eigenvalue weighted by atomic mass is 16.5. The molecule has 116 valence electrons. The highest BCUT2D eigenvalue weighted by molar-refractivity contribution is 5.56. The molecule has 0 aliphatic carbocycles. The van der Waals surface area contributed by atoms with Crippen molar-refractivity contribution in [3.05, 3.63) is 30.1 Å². The van der Waals surface area contributed by atoms with Gasteiger partial charge in [-0.3, -0.25) is 0 Å². The van der Waals surface area contributed by atoms with Gasteiger partial charge in [0.15, 0.2) is 5.82 Å². The lowest BCUT2D eigenvalue weighted by Crippen LogP contribution is -2.32. The Balaban J connectivity index is 2.36. The van der Waals surface area contributed by atoms with Gasteiger partial charge in [-0.2, -0.15) is 0 Å². The van der Waals surface area contributed by atoms with Gasteiger partial charge in [0.05, 0.1) is 18.9 Å². The zero-order valence-corrected chi connectivity index (χ0v) is 12.8. The Kier molecular flexibility index (Phi) is 5.98. The first kappa shape index (κ1) is 15.8. The standard InChI is InChI=1S/C15H24N4O2/c1-20-11-9-18(10-12-21-2)15-13(6-7-16)19-8-4-3-5-14(19)17-15/h3-5,8H,6-7,9-12,16H2,1-2H3. The fourth-order valence-electron chi connectivity index (χ4n) is 2.38. The van der Waals surface area contributed by atoms with Crippen molar-refractivity contribution >= 4 is 11.5 Å². The summed E-state index contributed by atoms with van der Waals surface area (Å²) in [5.74, 6) is 0.973. The average molecular weight is 292 g/mol. The lowest BCUT2D eigenvalue weighted by Gasteiger charge is -2.23. The first-order chi connectivity index (χ1) is 10.3. The molecular formula is C15H24N4O2. The van der Waals surface area contributed by atoms with E-state index in [-0.39, 0.29) is 0 Å². The number of methoxy groups -OCH3 is 2. The molecule has 2 aromatic heterocycles. The predicted octanol–water partition coefficient (Wildman–Crippen LogP) is 0.935. The molecule has 0 saturated carbocycles. The van der Waals surface area contributed by atoms with E-state index >= 15 is 0 Å². The van der Waals surface area contributed by atoms with E-state index in [2.05, 4.69) is 9.30 Å². The van der Waals surface area contributed by atoms with Gasteiger partial charge in [-0.25, -0.2) is 4.98 Å². The summed E-state index contributed by atoms with van der Waals surface area (Å²) in [6.45, 7) is 3.46. The number of anilines is 1. The van der Waals surface area contributed by atoms with Crippen molar-refractivity contribution in [3.8, 4) is 0 Å². The molecule has 2 heterocycles. The highest BCUT2D eigenvalue weighted by Crippen LogP contribution is 2.22. The summed E-state index contributed by atoms with van der Waals surface area (Å²) in [5.41, 5.74) is 7.85. The van der Waals surface area contributed by atoms with Crippen LogP contribution in [0.5, 0.6) is 0 Å². The molecule has 0 radical (unpaired) electrons. The lowest BCUT2D eigenvalue weighted by atomic mass is 10.3. The monoisotopic (exact) mass is 292 g/mol. The number of imidazole rings is 1. The summed E-state index contributed by atoms with van der Waals surface area (Å²) in [4.78, 5) is 6.96. The van der Waals surface area contributed by atoms with Crippen LogP contribution < -0.4 is 10.6 Å². The lowest BCUT2D eigenvalue weighted by molar-refractivity contribution is 0.190. The van der Waals surface area contributed by atoms with Crippen molar-refractivity contribution in [2.24, 2.45) is 5.73 Å². The Morgan fingerprint density at radius 3 is 2.52 bits per heavy atom. The van der Waals surface area contributed by atoms with Crippen molar-refractivity contribution in [1.29, 1.82) is 0 Å². The zero-order valence-electron chi connectivity index (χ0n) is 12.8. The first-order valence-electron chi connectivity index (χ1n) is 7.20. The third-order valence-corrected chi connectivity index (χ3v) is 3.42. The van der Waals surface area contributed by atoms with E-state index in [0.717, 1.165) is 36.7 Å². The van der Waals surface area contributed by atoms with Gasteiger partial charge in [0, 0.05) is 39.9 Å². The molecule has 2 N–H and O–H groups in total. The van der Waals surface area contributed by atoms with Gasteiger partial charge in [0.25, 0.3) is 0 Å². The molecule has 0 bridgehead atoms. The smallest absolute Gasteiger partial charge is 0.151 e. The minimum Gasteiger partial charge on any atom is -0.383 e. The molecule has 0 atom stereocenters. The van der Waals surface area contributed by atoms with Crippen LogP contribution in [0.3, 0.4) is 0 Å². The zero-order chi connectivity index (χ0) is 15.1. The normalized spacial score (nSPS) is 11.2. The van der Waals surface area contributed by atoms with E-state index in [1.54, 1.807) is 14.2 Å². The third-order valence-electron chi connectivity index (χ3n) is 3.42. The van der Waals surface area contributed by atoms with Crippen molar-refractivity contribution in [2.45, 2.75) is 6.42 Å². The molecule has 0 aliphatic heterocycles. The van der Waals surface area contributed by atoms with Crippen LogP contribution in [0.1, 0.15) is 5.69 Å². The van der Waals surface area contributed by atoms with Crippen molar-refractivity contribution in [3.63, 3.8) is 0 Å². The van der Waals surface area contributed by atoms with Crippen LogP contribution in [-0.2, 0) is 15.9 Å². The fraction of sp³-hybridized carbons (Fsp3) is 0.533. The average Bonchev–Trinajstić information content (AvgIpc) is 2.87. The minimum absolute atomic E-state index is 0.595. The van der Waals surface area contributed by atoms with E-state index in [9.17, 15) is 0 Å². The molecule has 6 nitrogen and oxygen atoms in total. The Bertz CT molecular complexity index is 548. The van der Waals surface area contributed by atoms with Gasteiger partial charge in [-0.15, -0.1) is 0 Å². The van der Waals surface area contributed by atoms with E-state index < -0.39 is 0 Å². The molecule has 6 heteroatoms. The molecule has 2 aromatic rings. The molecule has 0 fully saturated rings. The number of fused-ring (bicyclic) bond motifs is 1. The highest BCUT2D eigenvalue weighted by Gasteiger charge is 2.17. The topological polar surface area (TPSA) is 65.0 Å². The number of aromatic nitrogens is 2. The predicted molar refractivity (Wildman–Crippen MR) is 83.9 cm³/mol. The maximum absolute atomic E-state index is 5.77. The number of rotatable bonds is 9. The maximum Gasteiger partial charge on any atom is 0.151 e.